The highest BCUT2D eigenvalue weighted by atomic mass is 32.2. The van der Waals surface area contributed by atoms with Gasteiger partial charge in [-0.3, -0.25) is 0 Å². The van der Waals surface area contributed by atoms with Crippen LogP contribution in [0.1, 0.15) is 36.1 Å². The highest BCUT2D eigenvalue weighted by Gasteiger charge is 2.25. The topological polar surface area (TPSA) is 74.6 Å². The predicted molar refractivity (Wildman–Crippen MR) is 93.5 cm³/mol. The number of nitrogens with two attached hydrogens (primary N) is 1. The Morgan fingerprint density at radius 2 is 1.96 bits per heavy atom. The summed E-state index contributed by atoms with van der Waals surface area (Å²) in [5.41, 5.74) is 7.05. The van der Waals surface area contributed by atoms with Crippen LogP contribution in [0.3, 0.4) is 0 Å². The molecule has 1 aliphatic rings. The lowest BCUT2D eigenvalue weighted by molar-refractivity contribution is 0.665. The molecule has 0 saturated heterocycles. The van der Waals surface area contributed by atoms with E-state index in [0.717, 1.165) is 29.1 Å². The third-order valence-electron chi connectivity index (χ3n) is 4.18. The number of imidazole rings is 1. The van der Waals surface area contributed by atoms with Gasteiger partial charge in [0.15, 0.2) is 5.16 Å². The molecule has 0 radical (unpaired) electrons. The summed E-state index contributed by atoms with van der Waals surface area (Å²) in [6.07, 6.45) is 6.48. The van der Waals surface area contributed by atoms with Crippen LogP contribution < -0.4 is 5.73 Å². The number of hydrogen-bond donors (Lipinski definition) is 1. The Morgan fingerprint density at radius 3 is 2.71 bits per heavy atom. The van der Waals surface area contributed by atoms with Gasteiger partial charge in [0.1, 0.15) is 11.6 Å². The van der Waals surface area contributed by atoms with Crippen LogP contribution in [0.4, 0.5) is 0 Å². The predicted octanol–water partition coefficient (Wildman–Crippen LogP) is 2.61. The molecule has 1 saturated carbocycles. The molecule has 4 rings (SSSR count). The smallest absolute Gasteiger partial charge is 0.192 e. The van der Waals surface area contributed by atoms with Crippen molar-refractivity contribution in [2.45, 2.75) is 42.9 Å². The lowest BCUT2D eigenvalue weighted by atomic mass is 10.2. The van der Waals surface area contributed by atoms with Crippen LogP contribution >= 0.6 is 11.8 Å². The van der Waals surface area contributed by atoms with Gasteiger partial charge in [-0.1, -0.05) is 42.1 Å². The molecule has 6 nitrogen and oxygen atoms in total. The summed E-state index contributed by atoms with van der Waals surface area (Å²) >= 11 is 1.67. The first-order valence-electron chi connectivity index (χ1n) is 8.15. The molecular weight excluding hydrogens is 320 g/mol. The second kappa shape index (κ2) is 6.78. The van der Waals surface area contributed by atoms with Crippen LogP contribution in [0, 0.1) is 0 Å². The van der Waals surface area contributed by atoms with Gasteiger partial charge in [-0.2, -0.15) is 0 Å². The Balaban J connectivity index is 1.52. The van der Waals surface area contributed by atoms with Crippen molar-refractivity contribution in [2.75, 3.05) is 0 Å². The normalized spacial score (nSPS) is 14.2. The highest BCUT2D eigenvalue weighted by molar-refractivity contribution is 7.98. The molecule has 1 aliphatic carbocycles. The second-order valence-corrected chi connectivity index (χ2v) is 6.89. The van der Waals surface area contributed by atoms with E-state index in [-0.39, 0.29) is 0 Å². The van der Waals surface area contributed by atoms with Gasteiger partial charge in [0, 0.05) is 18.4 Å². The second-order valence-electron chi connectivity index (χ2n) is 5.95. The van der Waals surface area contributed by atoms with Crippen molar-refractivity contribution in [1.82, 2.24) is 24.3 Å². The number of nitrogens with zero attached hydrogens (tertiary/aromatic N) is 5. The first kappa shape index (κ1) is 15.4. The molecule has 7 heteroatoms. The molecule has 0 atom stereocenters. The first-order chi connectivity index (χ1) is 11.8. The van der Waals surface area contributed by atoms with E-state index < -0.39 is 0 Å². The lowest BCUT2D eigenvalue weighted by Crippen LogP contribution is -2.10. The van der Waals surface area contributed by atoms with E-state index in [4.69, 9.17) is 5.73 Å². The minimum Gasteiger partial charge on any atom is -0.331 e. The van der Waals surface area contributed by atoms with Gasteiger partial charge in [-0.25, -0.2) is 4.98 Å². The van der Waals surface area contributed by atoms with E-state index in [1.807, 2.05) is 24.4 Å². The monoisotopic (exact) mass is 340 g/mol. The summed E-state index contributed by atoms with van der Waals surface area (Å²) in [5.74, 6) is 2.71. The van der Waals surface area contributed by atoms with Crippen LogP contribution in [0.25, 0.3) is 0 Å². The fraction of sp³-hybridized carbons (Fsp3) is 0.353. The summed E-state index contributed by atoms with van der Waals surface area (Å²) in [4.78, 5) is 4.49. The molecule has 0 spiro atoms. The molecule has 2 N–H and O–H groups in total. The molecule has 0 aliphatic heterocycles. The SMILES string of the molecule is NCc1nnc(SCc2nccn2C2CC2)n1Cc1ccccc1. The number of thioether (sulfide) groups is 1. The van der Waals surface area contributed by atoms with Gasteiger partial charge in [0.25, 0.3) is 0 Å². The van der Waals surface area contributed by atoms with E-state index in [1.54, 1.807) is 11.8 Å². The minimum atomic E-state index is 0.386. The van der Waals surface area contributed by atoms with Crippen molar-refractivity contribution < 1.29 is 0 Å². The maximum absolute atomic E-state index is 5.83. The minimum absolute atomic E-state index is 0.386. The standard InChI is InChI=1S/C17H20N6S/c18-10-15-20-21-17(23(15)11-13-4-2-1-3-5-13)24-12-16-19-8-9-22(16)14-6-7-14/h1-5,8-9,14H,6-7,10-12,18H2. The fourth-order valence-electron chi connectivity index (χ4n) is 2.77. The van der Waals surface area contributed by atoms with Gasteiger partial charge < -0.3 is 14.9 Å². The van der Waals surface area contributed by atoms with E-state index >= 15 is 0 Å². The average Bonchev–Trinajstić information content (AvgIpc) is 3.23. The molecule has 24 heavy (non-hydrogen) atoms. The van der Waals surface area contributed by atoms with Crippen molar-refractivity contribution in [1.29, 1.82) is 0 Å². The summed E-state index contributed by atoms with van der Waals surface area (Å²) in [6.45, 7) is 1.12. The number of rotatable bonds is 7. The zero-order valence-electron chi connectivity index (χ0n) is 13.4. The summed E-state index contributed by atoms with van der Waals surface area (Å²) in [5, 5.41) is 9.47. The molecular formula is C17H20N6S. The third-order valence-corrected chi connectivity index (χ3v) is 5.14. The van der Waals surface area contributed by atoms with Crippen molar-refractivity contribution in [3.05, 3.63) is 59.9 Å². The largest absolute Gasteiger partial charge is 0.331 e. The van der Waals surface area contributed by atoms with Gasteiger partial charge in [0.2, 0.25) is 0 Å². The summed E-state index contributed by atoms with van der Waals surface area (Å²) < 4.78 is 4.39. The molecule has 2 aromatic heterocycles. The molecule has 124 valence electrons. The third kappa shape index (κ3) is 3.22. The molecule has 1 aromatic carbocycles. The Kier molecular flexibility index (Phi) is 4.36. The van der Waals surface area contributed by atoms with Gasteiger partial charge in [-0.15, -0.1) is 10.2 Å². The number of hydrogen-bond acceptors (Lipinski definition) is 5. The van der Waals surface area contributed by atoms with Gasteiger partial charge >= 0.3 is 0 Å². The van der Waals surface area contributed by atoms with Crippen molar-refractivity contribution in [3.8, 4) is 0 Å². The van der Waals surface area contributed by atoms with Crippen LogP contribution in [-0.4, -0.2) is 24.3 Å². The van der Waals surface area contributed by atoms with E-state index in [1.165, 1.54) is 18.4 Å². The average molecular weight is 340 g/mol. The highest BCUT2D eigenvalue weighted by Crippen LogP contribution is 2.36. The lowest BCUT2D eigenvalue weighted by Gasteiger charge is -2.10. The Morgan fingerprint density at radius 1 is 1.12 bits per heavy atom. The van der Waals surface area contributed by atoms with Crippen LogP contribution in [-0.2, 0) is 18.8 Å². The van der Waals surface area contributed by atoms with Crippen molar-refractivity contribution in [3.63, 3.8) is 0 Å². The maximum Gasteiger partial charge on any atom is 0.192 e. The quantitative estimate of drug-likeness (QED) is 0.669. The molecule has 3 aromatic rings. The molecule has 0 unspecified atom stereocenters. The Labute approximate surface area is 145 Å². The van der Waals surface area contributed by atoms with Crippen molar-refractivity contribution >= 4 is 11.8 Å². The number of aromatic nitrogens is 5. The van der Waals surface area contributed by atoms with Crippen LogP contribution in [0.15, 0.2) is 47.9 Å². The maximum atomic E-state index is 5.83. The van der Waals surface area contributed by atoms with Crippen LogP contribution in [0.5, 0.6) is 0 Å². The molecule has 1 fully saturated rings. The molecule has 2 heterocycles. The van der Waals surface area contributed by atoms with Crippen LogP contribution in [0.2, 0.25) is 0 Å². The summed E-state index contributed by atoms with van der Waals surface area (Å²) in [7, 11) is 0. The van der Waals surface area contributed by atoms with Gasteiger partial charge in [-0.05, 0) is 18.4 Å². The van der Waals surface area contributed by atoms with E-state index in [0.29, 0.717) is 12.6 Å². The van der Waals surface area contributed by atoms with Crippen molar-refractivity contribution in [2.24, 2.45) is 5.73 Å². The summed E-state index contributed by atoms with van der Waals surface area (Å²) in [6, 6.07) is 11.0. The Hall–Kier alpha value is -2.12. The Bertz CT molecular complexity index is 806. The first-order valence-corrected chi connectivity index (χ1v) is 9.14. The fourth-order valence-corrected chi connectivity index (χ4v) is 3.68. The molecule has 0 bridgehead atoms. The number of benzene rings is 1. The zero-order chi connectivity index (χ0) is 16.4. The molecule has 0 amide bonds. The van der Waals surface area contributed by atoms with E-state index in [2.05, 4.69) is 42.6 Å². The van der Waals surface area contributed by atoms with E-state index in [9.17, 15) is 0 Å². The zero-order valence-corrected chi connectivity index (χ0v) is 14.2. The van der Waals surface area contributed by atoms with Gasteiger partial charge in [0.05, 0.1) is 18.8 Å².